The van der Waals surface area contributed by atoms with Gasteiger partial charge in [-0.15, -0.1) is 0 Å². The zero-order chi connectivity index (χ0) is 22.0. The molecule has 1 aliphatic heterocycles. The zero-order valence-electron chi connectivity index (χ0n) is 16.3. The summed E-state index contributed by atoms with van der Waals surface area (Å²) in [5.41, 5.74) is 6.07. The Morgan fingerprint density at radius 1 is 0.935 bits per heavy atom. The summed E-state index contributed by atoms with van der Waals surface area (Å²) < 4.78 is 33.5. The van der Waals surface area contributed by atoms with E-state index >= 15 is 0 Å². The van der Waals surface area contributed by atoms with Crippen LogP contribution in [0.25, 0.3) is 0 Å². The van der Waals surface area contributed by atoms with Gasteiger partial charge in [0.2, 0.25) is 0 Å². The molecule has 0 spiro atoms. The largest absolute Gasteiger partial charge is 0.476 e. The van der Waals surface area contributed by atoms with Crippen LogP contribution in [0.5, 0.6) is 5.75 Å². The lowest BCUT2D eigenvalue weighted by Gasteiger charge is -2.34. The highest BCUT2D eigenvalue weighted by molar-refractivity contribution is 7.92. The first kappa shape index (κ1) is 20.4. The summed E-state index contributed by atoms with van der Waals surface area (Å²) in [6, 6.07) is 20.8. The highest BCUT2D eigenvalue weighted by Gasteiger charge is 2.37. The molecule has 1 atom stereocenters. The first-order chi connectivity index (χ1) is 14.9. The van der Waals surface area contributed by atoms with E-state index in [0.29, 0.717) is 5.69 Å². The number of nitrogens with two attached hydrogens (primary N) is 1. The Morgan fingerprint density at radius 3 is 2.32 bits per heavy atom. The molecular formula is C22H19N3O5S. The van der Waals surface area contributed by atoms with Crippen LogP contribution in [-0.2, 0) is 14.8 Å². The maximum absolute atomic E-state index is 13.3. The number of nitrogens with one attached hydrogen (secondary N) is 1. The molecule has 2 amide bonds. The predicted octanol–water partition coefficient (Wildman–Crippen LogP) is 2.38. The number of carbonyl (C=O) groups excluding carboxylic acids is 2. The fourth-order valence-electron chi connectivity index (χ4n) is 3.31. The van der Waals surface area contributed by atoms with Crippen molar-refractivity contribution >= 4 is 33.2 Å². The maximum atomic E-state index is 13.3. The van der Waals surface area contributed by atoms with Gasteiger partial charge in [-0.2, -0.15) is 0 Å². The molecule has 0 radical (unpaired) electrons. The summed E-state index contributed by atoms with van der Waals surface area (Å²) in [4.78, 5) is 24.7. The van der Waals surface area contributed by atoms with E-state index in [2.05, 4.69) is 5.32 Å². The Balaban J connectivity index is 1.68. The third-order valence-electron chi connectivity index (χ3n) is 4.81. The summed E-state index contributed by atoms with van der Waals surface area (Å²) in [7, 11) is -3.94. The van der Waals surface area contributed by atoms with Gasteiger partial charge in [0, 0.05) is 0 Å². The molecule has 8 nitrogen and oxygen atoms in total. The molecule has 0 saturated carbocycles. The quantitative estimate of drug-likeness (QED) is 0.635. The van der Waals surface area contributed by atoms with Crippen molar-refractivity contribution in [3.63, 3.8) is 0 Å². The lowest BCUT2D eigenvalue weighted by Crippen LogP contribution is -2.48. The molecular weight excluding hydrogens is 418 g/mol. The Kier molecular flexibility index (Phi) is 5.35. The number of primary amides is 1. The molecule has 4 rings (SSSR count). The van der Waals surface area contributed by atoms with Gasteiger partial charge in [0.1, 0.15) is 5.75 Å². The van der Waals surface area contributed by atoms with Crippen LogP contribution < -0.4 is 20.1 Å². The molecule has 3 N–H and O–H groups in total. The first-order valence-corrected chi connectivity index (χ1v) is 10.8. The molecule has 31 heavy (non-hydrogen) atoms. The van der Waals surface area contributed by atoms with Crippen LogP contribution in [0.3, 0.4) is 0 Å². The number of sulfonamides is 1. The van der Waals surface area contributed by atoms with E-state index in [1.165, 1.54) is 24.3 Å². The van der Waals surface area contributed by atoms with E-state index in [4.69, 9.17) is 10.5 Å². The van der Waals surface area contributed by atoms with Crippen molar-refractivity contribution in [1.29, 1.82) is 0 Å². The summed E-state index contributed by atoms with van der Waals surface area (Å²) in [6.45, 7) is -0.237. The molecule has 9 heteroatoms. The summed E-state index contributed by atoms with van der Waals surface area (Å²) >= 11 is 0. The molecule has 3 aromatic rings. The van der Waals surface area contributed by atoms with Crippen molar-refractivity contribution in [3.8, 4) is 5.75 Å². The van der Waals surface area contributed by atoms with Crippen LogP contribution in [-0.4, -0.2) is 32.9 Å². The van der Waals surface area contributed by atoms with Crippen molar-refractivity contribution in [2.45, 2.75) is 11.0 Å². The van der Waals surface area contributed by atoms with Crippen molar-refractivity contribution in [1.82, 2.24) is 0 Å². The fourth-order valence-corrected chi connectivity index (χ4v) is 4.80. The van der Waals surface area contributed by atoms with Crippen LogP contribution in [0.1, 0.15) is 10.4 Å². The second-order valence-electron chi connectivity index (χ2n) is 6.82. The second kappa shape index (κ2) is 8.11. The molecule has 0 fully saturated rings. The molecule has 1 heterocycles. The smallest absolute Gasteiger partial charge is 0.267 e. The van der Waals surface area contributed by atoms with Crippen molar-refractivity contribution in [2.75, 3.05) is 16.2 Å². The molecule has 0 aliphatic carbocycles. The molecule has 3 aromatic carbocycles. The van der Waals surface area contributed by atoms with Crippen molar-refractivity contribution in [3.05, 3.63) is 84.4 Å². The minimum atomic E-state index is -3.94. The van der Waals surface area contributed by atoms with Crippen LogP contribution in [0.15, 0.2) is 83.8 Å². The number of anilines is 2. The average Bonchev–Trinajstić information content (AvgIpc) is 2.79. The minimum absolute atomic E-state index is 0.102. The van der Waals surface area contributed by atoms with Crippen LogP contribution in [0.2, 0.25) is 0 Å². The number of benzene rings is 3. The molecule has 0 bridgehead atoms. The number of rotatable bonds is 5. The second-order valence-corrected chi connectivity index (χ2v) is 8.68. The van der Waals surface area contributed by atoms with Gasteiger partial charge >= 0.3 is 0 Å². The Labute approximate surface area is 179 Å². The Morgan fingerprint density at radius 2 is 1.58 bits per heavy atom. The van der Waals surface area contributed by atoms with Crippen molar-refractivity contribution in [2.24, 2.45) is 5.73 Å². The van der Waals surface area contributed by atoms with E-state index in [0.717, 1.165) is 4.31 Å². The number of nitrogens with zero attached hydrogens (tertiary/aromatic N) is 1. The van der Waals surface area contributed by atoms with E-state index < -0.39 is 27.9 Å². The number of hydrogen-bond acceptors (Lipinski definition) is 5. The van der Waals surface area contributed by atoms with E-state index in [9.17, 15) is 18.0 Å². The lowest BCUT2D eigenvalue weighted by atomic mass is 10.1. The molecule has 0 unspecified atom stereocenters. The highest BCUT2D eigenvalue weighted by Crippen LogP contribution is 2.37. The first-order valence-electron chi connectivity index (χ1n) is 9.41. The number of amides is 2. The van der Waals surface area contributed by atoms with Gasteiger partial charge in [0.15, 0.2) is 6.10 Å². The number of ether oxygens (including phenoxy) is 1. The van der Waals surface area contributed by atoms with Gasteiger partial charge in [0.05, 0.1) is 28.4 Å². The van der Waals surface area contributed by atoms with Crippen LogP contribution in [0, 0.1) is 0 Å². The third-order valence-corrected chi connectivity index (χ3v) is 6.60. The molecule has 1 aliphatic rings. The van der Waals surface area contributed by atoms with Gasteiger partial charge in [-0.25, -0.2) is 8.42 Å². The van der Waals surface area contributed by atoms with Gasteiger partial charge in [-0.05, 0) is 36.4 Å². The van der Waals surface area contributed by atoms with Gasteiger partial charge in [0.25, 0.3) is 21.8 Å². The number of carbonyl (C=O) groups is 2. The van der Waals surface area contributed by atoms with Crippen LogP contribution in [0.4, 0.5) is 11.4 Å². The van der Waals surface area contributed by atoms with E-state index in [-0.39, 0.29) is 28.4 Å². The maximum Gasteiger partial charge on any atom is 0.267 e. The Hall–Kier alpha value is -3.85. The number of para-hydroxylation sites is 3. The SMILES string of the molecule is NC(=O)c1ccccc1NC(=O)[C@H]1CN(S(=O)(=O)c2ccccc2)c2ccccc2O1. The average molecular weight is 437 g/mol. The van der Waals surface area contributed by atoms with Gasteiger partial charge < -0.3 is 15.8 Å². The summed E-state index contributed by atoms with van der Waals surface area (Å²) in [6.07, 6.45) is -1.14. The molecule has 158 valence electrons. The zero-order valence-corrected chi connectivity index (χ0v) is 17.1. The van der Waals surface area contributed by atoms with Crippen molar-refractivity contribution < 1.29 is 22.7 Å². The van der Waals surface area contributed by atoms with Crippen LogP contribution >= 0.6 is 0 Å². The third kappa shape index (κ3) is 3.95. The summed E-state index contributed by atoms with van der Waals surface area (Å²) in [5.74, 6) is -1.04. The normalized spacial score (nSPS) is 15.5. The monoisotopic (exact) mass is 437 g/mol. The standard InChI is InChI=1S/C22H19N3O5S/c23-21(26)16-10-4-5-11-17(16)24-22(27)20-14-25(18-12-6-7-13-19(18)30-20)31(28,29)15-8-2-1-3-9-15/h1-13,20H,14H2,(H2,23,26)(H,24,27)/t20-/m1/s1. The van der Waals surface area contributed by atoms with E-state index in [1.807, 2.05) is 0 Å². The topological polar surface area (TPSA) is 119 Å². The molecule has 0 saturated heterocycles. The van der Waals surface area contributed by atoms with E-state index in [1.54, 1.807) is 54.6 Å². The Bertz CT molecular complexity index is 1240. The predicted molar refractivity (Wildman–Crippen MR) is 115 cm³/mol. The number of fused-ring (bicyclic) bond motifs is 1. The molecule has 0 aromatic heterocycles. The highest BCUT2D eigenvalue weighted by atomic mass is 32.2. The number of hydrogen-bond donors (Lipinski definition) is 2. The summed E-state index contributed by atoms with van der Waals surface area (Å²) in [5, 5.41) is 2.62. The minimum Gasteiger partial charge on any atom is -0.476 e. The fraction of sp³-hybridized carbons (Fsp3) is 0.0909. The van der Waals surface area contributed by atoms with Gasteiger partial charge in [-0.3, -0.25) is 13.9 Å². The van der Waals surface area contributed by atoms with Gasteiger partial charge in [-0.1, -0.05) is 42.5 Å². The lowest BCUT2D eigenvalue weighted by molar-refractivity contribution is -0.122.